The summed E-state index contributed by atoms with van der Waals surface area (Å²) < 4.78 is 6.74. The molecule has 10 nitrogen and oxygen atoms in total. The number of nitrogens with one attached hydrogen (secondary N) is 2. The average Bonchev–Trinajstić information content (AvgIpc) is 2.95. The summed E-state index contributed by atoms with van der Waals surface area (Å²) >= 11 is 0. The first-order valence-electron chi connectivity index (χ1n) is 6.45. The Morgan fingerprint density at radius 3 is 2.81 bits per heavy atom. The van der Waals surface area contributed by atoms with Gasteiger partial charge in [0.2, 0.25) is 0 Å². The lowest BCUT2D eigenvalue weighted by molar-refractivity contribution is -0.0519. The smallest absolute Gasteiger partial charge is 0.275 e. The molecule has 1 saturated heterocycles. The number of aliphatic hydroxyl groups is 4. The number of amides is 1. The van der Waals surface area contributed by atoms with Crippen LogP contribution in [0.5, 0.6) is 0 Å². The molecule has 1 amide bonds. The second-order valence-corrected chi connectivity index (χ2v) is 4.95. The van der Waals surface area contributed by atoms with Crippen molar-refractivity contribution in [3.63, 3.8) is 0 Å². The molecule has 0 saturated carbocycles. The number of β-amino-alcohol motifs (C(OH)–C–C–N with tert-alkyl or cyclic N) is 1. The van der Waals surface area contributed by atoms with Crippen LogP contribution in [0.1, 0.15) is 16.7 Å². The molecule has 0 unspecified atom stereocenters. The van der Waals surface area contributed by atoms with E-state index in [1.54, 1.807) is 0 Å². The lowest BCUT2D eigenvalue weighted by atomic mass is 10.1. The number of ether oxygens (including phenoxy) is 1. The Bertz CT molecular complexity index is 549. The third-order valence-electron chi connectivity index (χ3n) is 3.56. The predicted octanol–water partition coefficient (Wildman–Crippen LogP) is -3.03. The van der Waals surface area contributed by atoms with Crippen molar-refractivity contribution in [1.82, 2.24) is 14.9 Å². The molecule has 2 aliphatic heterocycles. The monoisotopic (exact) mass is 300 g/mol. The van der Waals surface area contributed by atoms with Gasteiger partial charge in [0, 0.05) is 0 Å². The van der Waals surface area contributed by atoms with Gasteiger partial charge in [-0.2, -0.15) is 0 Å². The molecule has 2 aliphatic rings. The fraction of sp³-hybridized carbons (Fsp3) is 0.636. The van der Waals surface area contributed by atoms with E-state index < -0.39 is 43.3 Å². The van der Waals surface area contributed by atoms with Gasteiger partial charge in [-0.25, -0.2) is 4.98 Å². The number of hydrogen-bond donors (Lipinski definition) is 6. The van der Waals surface area contributed by atoms with E-state index in [0.717, 1.165) is 0 Å². The van der Waals surface area contributed by atoms with E-state index in [4.69, 9.17) is 9.84 Å². The summed E-state index contributed by atoms with van der Waals surface area (Å²) in [5.74, 6) is -0.299. The van der Waals surface area contributed by atoms with Crippen molar-refractivity contribution < 1.29 is 30.0 Å². The third kappa shape index (κ3) is 2.26. The lowest BCUT2D eigenvalue weighted by Crippen LogP contribution is -2.37. The van der Waals surface area contributed by atoms with Crippen molar-refractivity contribution in [3.8, 4) is 0 Å². The molecule has 1 fully saturated rings. The normalized spacial score (nSPS) is 35.8. The zero-order valence-electron chi connectivity index (χ0n) is 10.9. The second kappa shape index (κ2) is 5.24. The summed E-state index contributed by atoms with van der Waals surface area (Å²) in [5.41, 5.74) is 0.0456. The fourth-order valence-corrected chi connectivity index (χ4v) is 2.47. The van der Waals surface area contributed by atoms with Gasteiger partial charge in [0.1, 0.15) is 30.4 Å². The second-order valence-electron chi connectivity index (χ2n) is 4.95. The van der Waals surface area contributed by atoms with E-state index in [0.29, 0.717) is 0 Å². The highest BCUT2D eigenvalue weighted by Gasteiger charge is 2.44. The van der Waals surface area contributed by atoms with Gasteiger partial charge in [-0.15, -0.1) is 0 Å². The largest absolute Gasteiger partial charge is 0.394 e. The number of hydrogen-bond acceptors (Lipinski definition) is 8. The summed E-state index contributed by atoms with van der Waals surface area (Å²) in [5, 5.41) is 43.5. The van der Waals surface area contributed by atoms with Gasteiger partial charge in [-0.3, -0.25) is 9.36 Å². The molecule has 6 N–H and O–H groups in total. The van der Waals surface area contributed by atoms with Crippen LogP contribution in [0.2, 0.25) is 0 Å². The van der Waals surface area contributed by atoms with Crippen molar-refractivity contribution in [3.05, 3.63) is 12.0 Å². The zero-order valence-corrected chi connectivity index (χ0v) is 10.9. The summed E-state index contributed by atoms with van der Waals surface area (Å²) in [6.45, 7) is -0.391. The van der Waals surface area contributed by atoms with Crippen molar-refractivity contribution in [2.24, 2.45) is 0 Å². The Morgan fingerprint density at radius 1 is 1.38 bits per heavy atom. The molecule has 0 aromatic carbocycles. The number of carbonyl (C=O) groups excluding carboxylic acids is 1. The van der Waals surface area contributed by atoms with Gasteiger partial charge in [0.25, 0.3) is 5.91 Å². The van der Waals surface area contributed by atoms with Crippen LogP contribution in [-0.4, -0.2) is 73.6 Å². The predicted molar refractivity (Wildman–Crippen MR) is 67.2 cm³/mol. The molecule has 3 heterocycles. The van der Waals surface area contributed by atoms with E-state index >= 15 is 0 Å². The molecular formula is C11H16N4O6. The van der Waals surface area contributed by atoms with Crippen LogP contribution in [0, 0.1) is 0 Å². The van der Waals surface area contributed by atoms with Crippen LogP contribution in [0.3, 0.4) is 0 Å². The number of rotatable bonds is 2. The molecule has 0 aliphatic carbocycles. The van der Waals surface area contributed by atoms with Crippen LogP contribution in [-0.2, 0) is 4.74 Å². The Kier molecular flexibility index (Phi) is 3.55. The molecule has 5 atom stereocenters. The number of anilines is 1. The van der Waals surface area contributed by atoms with Gasteiger partial charge in [-0.05, 0) is 0 Å². The number of aliphatic hydroxyl groups excluding tert-OH is 4. The summed E-state index contributed by atoms with van der Waals surface area (Å²) in [6, 6.07) is 0. The third-order valence-corrected chi connectivity index (χ3v) is 3.56. The number of nitrogens with zero attached hydrogens (tertiary/aromatic N) is 2. The standard InChI is InChI=1S/C11H16N4O6/c16-2-4-7(18)8(19)11(21-4)15-3-13-6-9(15)12-1-5(17)14-10(6)20/h3-5,7-8,11-12,16-19H,1-2H2,(H,14,20)/t4-,5-,7-,8-,11-/m1/s1. The first-order chi connectivity index (χ1) is 10.0. The lowest BCUT2D eigenvalue weighted by Gasteiger charge is -2.19. The molecule has 1 aromatic heterocycles. The van der Waals surface area contributed by atoms with E-state index in [1.807, 2.05) is 0 Å². The van der Waals surface area contributed by atoms with Crippen LogP contribution in [0.15, 0.2) is 6.33 Å². The first-order valence-corrected chi connectivity index (χ1v) is 6.45. The topological polar surface area (TPSA) is 149 Å². The van der Waals surface area contributed by atoms with Gasteiger partial charge < -0.3 is 35.8 Å². The molecular weight excluding hydrogens is 284 g/mol. The minimum absolute atomic E-state index is 0.0456. The van der Waals surface area contributed by atoms with Crippen molar-refractivity contribution in [2.45, 2.75) is 30.8 Å². The van der Waals surface area contributed by atoms with E-state index in [2.05, 4.69) is 15.6 Å². The van der Waals surface area contributed by atoms with E-state index in [9.17, 15) is 20.1 Å². The van der Waals surface area contributed by atoms with Gasteiger partial charge in [0.15, 0.2) is 11.9 Å². The maximum absolute atomic E-state index is 11.8. The quantitative estimate of drug-likeness (QED) is 0.338. The maximum Gasteiger partial charge on any atom is 0.275 e. The molecule has 116 valence electrons. The first kappa shape index (κ1) is 14.2. The molecule has 0 spiro atoms. The van der Waals surface area contributed by atoms with Crippen molar-refractivity contribution >= 4 is 11.7 Å². The molecule has 3 rings (SSSR count). The maximum atomic E-state index is 11.8. The number of carbonyl (C=O) groups is 1. The summed E-state index contributed by atoms with van der Waals surface area (Å²) in [6.07, 6.45) is -4.22. The highest BCUT2D eigenvalue weighted by atomic mass is 16.6. The van der Waals surface area contributed by atoms with E-state index in [-0.39, 0.29) is 18.1 Å². The van der Waals surface area contributed by atoms with Crippen LogP contribution in [0.25, 0.3) is 0 Å². The Morgan fingerprint density at radius 2 is 2.14 bits per heavy atom. The molecule has 10 heteroatoms. The average molecular weight is 300 g/mol. The number of fused-ring (bicyclic) bond motifs is 1. The zero-order chi connectivity index (χ0) is 15.1. The van der Waals surface area contributed by atoms with E-state index in [1.165, 1.54) is 10.9 Å². The minimum Gasteiger partial charge on any atom is -0.394 e. The summed E-state index contributed by atoms with van der Waals surface area (Å²) in [7, 11) is 0. The SMILES string of the molecule is O=C1N[C@H](O)CNc2c1ncn2[C@@H]1O[C@H](CO)[C@@H](O)[C@H]1O. The van der Waals surface area contributed by atoms with Crippen LogP contribution < -0.4 is 10.6 Å². The van der Waals surface area contributed by atoms with Gasteiger partial charge >= 0.3 is 0 Å². The highest BCUT2D eigenvalue weighted by molar-refractivity contribution is 5.97. The molecule has 21 heavy (non-hydrogen) atoms. The van der Waals surface area contributed by atoms with Crippen molar-refractivity contribution in [2.75, 3.05) is 18.5 Å². The summed E-state index contributed by atoms with van der Waals surface area (Å²) in [4.78, 5) is 15.8. The molecule has 0 bridgehead atoms. The number of imidazole rings is 1. The Labute approximate surface area is 119 Å². The number of aromatic nitrogens is 2. The van der Waals surface area contributed by atoms with Crippen molar-refractivity contribution in [1.29, 1.82) is 0 Å². The van der Waals surface area contributed by atoms with Gasteiger partial charge in [0.05, 0.1) is 19.5 Å². The Balaban J connectivity index is 1.93. The molecule has 0 radical (unpaired) electrons. The van der Waals surface area contributed by atoms with Gasteiger partial charge in [-0.1, -0.05) is 0 Å². The Hall–Kier alpha value is -1.72. The van der Waals surface area contributed by atoms with Crippen LogP contribution in [0.4, 0.5) is 5.82 Å². The highest BCUT2D eigenvalue weighted by Crippen LogP contribution is 2.33. The fourth-order valence-electron chi connectivity index (χ4n) is 2.47. The minimum atomic E-state index is -1.28. The molecule has 1 aromatic rings. The van der Waals surface area contributed by atoms with Crippen LogP contribution >= 0.6 is 0 Å².